The molecule has 0 N–H and O–H groups in total. The van der Waals surface area contributed by atoms with Crippen LogP contribution in [0.3, 0.4) is 0 Å². The Morgan fingerprint density at radius 1 is 0.879 bits per heavy atom. The summed E-state index contributed by atoms with van der Waals surface area (Å²) in [5.41, 5.74) is -0.875. The van der Waals surface area contributed by atoms with E-state index in [1.54, 1.807) is 24.3 Å². The zero-order valence-corrected chi connectivity index (χ0v) is 17.4. The number of hydrogen-bond donors (Lipinski definition) is 0. The lowest BCUT2D eigenvalue weighted by atomic mass is 10.1. The fraction of sp³-hybridized carbons (Fsp3) is 0.381. The molecule has 1 aliphatic heterocycles. The second-order valence-corrected chi connectivity index (χ2v) is 7.84. The molecule has 0 spiro atoms. The molecule has 0 aliphatic carbocycles. The monoisotopic (exact) mass is 471 g/mol. The number of halogens is 6. The summed E-state index contributed by atoms with van der Waals surface area (Å²) >= 11 is 0. The van der Waals surface area contributed by atoms with Gasteiger partial charge in [0.25, 0.3) is 5.56 Å². The number of rotatable bonds is 3. The largest absolute Gasteiger partial charge is 0.418 e. The SMILES string of the molecule is CN1CCN(c2ccc(-c3ncc4ccc(=O)n(C(C(F)(F)F)C(F)(F)F)c4n3)cc2)CC1. The van der Waals surface area contributed by atoms with Crippen molar-refractivity contribution in [3.8, 4) is 11.4 Å². The van der Waals surface area contributed by atoms with E-state index in [1.165, 1.54) is 0 Å². The topological polar surface area (TPSA) is 54.3 Å². The average molecular weight is 471 g/mol. The van der Waals surface area contributed by atoms with Gasteiger partial charge in [0.15, 0.2) is 5.82 Å². The molecule has 0 unspecified atom stereocenters. The normalized spacial score (nSPS) is 16.1. The van der Waals surface area contributed by atoms with Gasteiger partial charge in [-0.05, 0) is 37.4 Å². The summed E-state index contributed by atoms with van der Waals surface area (Å²) in [4.78, 5) is 24.5. The Morgan fingerprint density at radius 2 is 1.48 bits per heavy atom. The van der Waals surface area contributed by atoms with E-state index in [9.17, 15) is 31.1 Å². The van der Waals surface area contributed by atoms with Crippen LogP contribution in [0.5, 0.6) is 0 Å². The van der Waals surface area contributed by atoms with Crippen LogP contribution in [0.25, 0.3) is 22.4 Å². The fourth-order valence-corrected chi connectivity index (χ4v) is 3.79. The first-order chi connectivity index (χ1) is 15.4. The molecule has 6 nitrogen and oxygen atoms in total. The maximum absolute atomic E-state index is 13.3. The maximum atomic E-state index is 13.3. The Labute approximate surface area is 184 Å². The van der Waals surface area contributed by atoms with E-state index in [1.807, 2.05) is 7.05 Å². The minimum Gasteiger partial charge on any atom is -0.369 e. The Morgan fingerprint density at radius 3 is 2.06 bits per heavy atom. The van der Waals surface area contributed by atoms with Crippen LogP contribution in [0.4, 0.5) is 32.0 Å². The van der Waals surface area contributed by atoms with E-state index in [0.717, 1.165) is 44.1 Å². The number of pyridine rings is 1. The van der Waals surface area contributed by atoms with Gasteiger partial charge in [-0.3, -0.25) is 9.36 Å². The first-order valence-electron chi connectivity index (χ1n) is 10.0. The van der Waals surface area contributed by atoms with Crippen LogP contribution in [0.2, 0.25) is 0 Å². The molecule has 3 heterocycles. The van der Waals surface area contributed by atoms with E-state index in [2.05, 4.69) is 19.8 Å². The third-order valence-electron chi connectivity index (χ3n) is 5.54. The smallest absolute Gasteiger partial charge is 0.369 e. The lowest BCUT2D eigenvalue weighted by Crippen LogP contribution is -2.44. The molecule has 1 fully saturated rings. The van der Waals surface area contributed by atoms with Gasteiger partial charge in [0.05, 0.1) is 0 Å². The standard InChI is InChI=1S/C21H19F6N5O/c1-30-8-10-31(11-9-30)15-5-2-13(3-6-15)17-28-12-14-4-7-16(33)32(18(14)29-17)19(20(22,23)24)21(25,26)27/h2-7,12,19H,8-11H2,1H3. The number of hydrogen-bond acceptors (Lipinski definition) is 5. The number of piperazine rings is 1. The molecule has 12 heteroatoms. The van der Waals surface area contributed by atoms with Gasteiger partial charge < -0.3 is 9.80 Å². The number of fused-ring (bicyclic) bond motifs is 1. The Kier molecular flexibility index (Phi) is 5.81. The van der Waals surface area contributed by atoms with Crippen LogP contribution in [-0.4, -0.2) is 65.0 Å². The van der Waals surface area contributed by atoms with Crippen molar-refractivity contribution in [3.63, 3.8) is 0 Å². The van der Waals surface area contributed by atoms with Crippen LogP contribution < -0.4 is 10.5 Å². The van der Waals surface area contributed by atoms with Crippen molar-refractivity contribution < 1.29 is 26.3 Å². The van der Waals surface area contributed by atoms with Gasteiger partial charge in [0.2, 0.25) is 6.04 Å². The van der Waals surface area contributed by atoms with Crippen molar-refractivity contribution in [2.75, 3.05) is 38.1 Å². The van der Waals surface area contributed by atoms with Crippen LogP contribution in [0.15, 0.2) is 47.4 Å². The number of likely N-dealkylation sites (N-methyl/N-ethyl adjacent to an activating group) is 1. The van der Waals surface area contributed by atoms with Gasteiger partial charge in [-0.25, -0.2) is 9.97 Å². The van der Waals surface area contributed by atoms with E-state index in [-0.39, 0.29) is 15.8 Å². The molecule has 1 aromatic carbocycles. The van der Waals surface area contributed by atoms with E-state index < -0.39 is 29.6 Å². The average Bonchev–Trinajstić information content (AvgIpc) is 2.74. The summed E-state index contributed by atoms with van der Waals surface area (Å²) in [6.07, 6.45) is -10.4. The predicted molar refractivity (Wildman–Crippen MR) is 110 cm³/mol. The minimum atomic E-state index is -5.74. The summed E-state index contributed by atoms with van der Waals surface area (Å²) in [7, 11) is 2.03. The predicted octanol–water partition coefficient (Wildman–Crippen LogP) is 3.88. The van der Waals surface area contributed by atoms with Gasteiger partial charge >= 0.3 is 12.4 Å². The highest BCUT2D eigenvalue weighted by Gasteiger charge is 2.59. The van der Waals surface area contributed by atoms with Gasteiger partial charge in [-0.1, -0.05) is 0 Å². The number of nitrogens with zero attached hydrogens (tertiary/aromatic N) is 5. The Hall–Kier alpha value is -3.15. The molecule has 1 saturated heterocycles. The van der Waals surface area contributed by atoms with Gasteiger partial charge in [0, 0.05) is 55.1 Å². The molecule has 176 valence electrons. The second-order valence-electron chi connectivity index (χ2n) is 7.84. The zero-order valence-electron chi connectivity index (χ0n) is 17.4. The van der Waals surface area contributed by atoms with Crippen LogP contribution in [-0.2, 0) is 0 Å². The summed E-state index contributed by atoms with van der Waals surface area (Å²) < 4.78 is 79.7. The number of benzene rings is 1. The molecule has 0 saturated carbocycles. The Bertz CT molecular complexity index is 1180. The van der Waals surface area contributed by atoms with E-state index in [0.29, 0.717) is 11.6 Å². The highest BCUT2D eigenvalue weighted by atomic mass is 19.4. The first kappa shape index (κ1) is 23.0. The molecule has 0 bridgehead atoms. The molecule has 0 radical (unpaired) electrons. The summed E-state index contributed by atoms with van der Waals surface area (Å²) in [5, 5.41) is -0.120. The lowest BCUT2D eigenvalue weighted by Gasteiger charge is -2.34. The van der Waals surface area contributed by atoms with Gasteiger partial charge in [-0.15, -0.1) is 0 Å². The summed E-state index contributed by atoms with van der Waals surface area (Å²) in [6.45, 7) is 3.44. The van der Waals surface area contributed by atoms with Gasteiger partial charge in [0.1, 0.15) is 5.65 Å². The van der Waals surface area contributed by atoms with Crippen LogP contribution in [0, 0.1) is 0 Å². The van der Waals surface area contributed by atoms with Crippen molar-refractivity contribution in [2.45, 2.75) is 18.4 Å². The van der Waals surface area contributed by atoms with Crippen molar-refractivity contribution in [1.29, 1.82) is 0 Å². The quantitative estimate of drug-likeness (QED) is 0.543. The lowest BCUT2D eigenvalue weighted by molar-refractivity contribution is -0.274. The third kappa shape index (κ3) is 4.65. The molecule has 0 atom stereocenters. The highest BCUT2D eigenvalue weighted by Crippen LogP contribution is 2.43. The van der Waals surface area contributed by atoms with Crippen LogP contribution >= 0.6 is 0 Å². The molecule has 1 aliphatic rings. The maximum Gasteiger partial charge on any atom is 0.418 e. The highest BCUT2D eigenvalue weighted by molar-refractivity contribution is 5.76. The fourth-order valence-electron chi connectivity index (χ4n) is 3.79. The zero-order chi connectivity index (χ0) is 24.0. The molecule has 3 aromatic rings. The Balaban J connectivity index is 1.77. The number of alkyl halides is 6. The summed E-state index contributed by atoms with van der Waals surface area (Å²) in [6, 6.07) is 4.58. The third-order valence-corrected chi connectivity index (χ3v) is 5.54. The minimum absolute atomic E-state index is 0.0881. The second kappa shape index (κ2) is 8.32. The van der Waals surface area contributed by atoms with E-state index >= 15 is 0 Å². The first-order valence-corrected chi connectivity index (χ1v) is 10.0. The number of anilines is 1. The molecule has 2 aromatic heterocycles. The van der Waals surface area contributed by atoms with Gasteiger partial charge in [-0.2, -0.15) is 26.3 Å². The molecular formula is C21H19F6N5O. The number of aromatic nitrogens is 3. The van der Waals surface area contributed by atoms with Crippen molar-refractivity contribution in [2.24, 2.45) is 0 Å². The van der Waals surface area contributed by atoms with Crippen molar-refractivity contribution in [1.82, 2.24) is 19.4 Å². The van der Waals surface area contributed by atoms with Crippen molar-refractivity contribution in [3.05, 3.63) is 52.9 Å². The molecule has 33 heavy (non-hydrogen) atoms. The molecular weight excluding hydrogens is 452 g/mol. The van der Waals surface area contributed by atoms with Crippen molar-refractivity contribution >= 4 is 16.7 Å². The molecule has 0 amide bonds. The van der Waals surface area contributed by atoms with Crippen LogP contribution in [0.1, 0.15) is 6.04 Å². The van der Waals surface area contributed by atoms with E-state index in [4.69, 9.17) is 0 Å². The molecule has 4 rings (SSSR count). The summed E-state index contributed by atoms with van der Waals surface area (Å²) in [5.74, 6) is -0.0881.